The minimum atomic E-state index is 0.157. The van der Waals surface area contributed by atoms with Gasteiger partial charge in [0.2, 0.25) is 5.91 Å². The van der Waals surface area contributed by atoms with E-state index in [2.05, 4.69) is 11.0 Å². The molecule has 1 rings (SSSR count). The van der Waals surface area contributed by atoms with Crippen LogP contribution in [0.3, 0.4) is 0 Å². The molecule has 1 amide bonds. The van der Waals surface area contributed by atoms with Gasteiger partial charge >= 0.3 is 0 Å². The summed E-state index contributed by atoms with van der Waals surface area (Å²) >= 11 is 0. The molecule has 1 aliphatic heterocycles. The molecule has 0 aromatic rings. The quantitative estimate of drug-likeness (QED) is 0.561. The van der Waals surface area contributed by atoms with Crippen molar-refractivity contribution in [1.82, 2.24) is 5.32 Å². The van der Waals surface area contributed by atoms with Crippen molar-refractivity contribution in [3.05, 3.63) is 17.9 Å². The van der Waals surface area contributed by atoms with Gasteiger partial charge in [0.05, 0.1) is 6.04 Å². The molecule has 1 N–H and O–H groups in total. The zero-order chi connectivity index (χ0) is 8.27. The molecule has 1 saturated heterocycles. The lowest BCUT2D eigenvalue weighted by Gasteiger charge is -1.98. The van der Waals surface area contributed by atoms with Crippen molar-refractivity contribution in [2.75, 3.05) is 0 Å². The monoisotopic (exact) mass is 151 g/mol. The lowest BCUT2D eigenvalue weighted by molar-refractivity contribution is -0.122. The molecule has 0 saturated carbocycles. The van der Waals surface area contributed by atoms with Crippen LogP contribution in [0.4, 0.5) is 0 Å². The van der Waals surface area contributed by atoms with E-state index in [1.54, 1.807) is 0 Å². The van der Waals surface area contributed by atoms with Crippen molar-refractivity contribution in [1.29, 1.82) is 0 Å². The first-order valence-electron chi connectivity index (χ1n) is 3.91. The van der Waals surface area contributed by atoms with Gasteiger partial charge in [-0.2, -0.15) is 0 Å². The minimum Gasteiger partial charge on any atom is -0.349 e. The third-order valence-electron chi connectivity index (χ3n) is 1.85. The Morgan fingerprint density at radius 3 is 2.91 bits per heavy atom. The number of carbonyl (C=O) groups excluding carboxylic acids is 1. The topological polar surface area (TPSA) is 29.1 Å². The lowest BCUT2D eigenvalue weighted by atomic mass is 10.1. The first kappa shape index (κ1) is 8.09. The van der Waals surface area contributed by atoms with Crippen molar-refractivity contribution >= 4 is 5.91 Å². The summed E-state index contributed by atoms with van der Waals surface area (Å²) in [5.41, 5.74) is 2.97. The molecule has 0 aromatic heterocycles. The van der Waals surface area contributed by atoms with Gasteiger partial charge in [0.1, 0.15) is 0 Å². The van der Waals surface area contributed by atoms with Crippen LogP contribution in [0.2, 0.25) is 0 Å². The fourth-order valence-corrected chi connectivity index (χ4v) is 1.19. The standard InChI is InChI=1S/C9H13NO/c1-3-4-5-8-6-7(2)9(11)10-8/h3,5,7-8H,6H2,1-2H3,(H,10,11)/t4?,7-,8?/m0/s1. The van der Waals surface area contributed by atoms with E-state index < -0.39 is 0 Å². The fraction of sp³-hybridized carbons (Fsp3) is 0.556. The van der Waals surface area contributed by atoms with Crippen LogP contribution >= 0.6 is 0 Å². The Hall–Kier alpha value is -1.01. The second-order valence-electron chi connectivity index (χ2n) is 2.87. The van der Waals surface area contributed by atoms with E-state index >= 15 is 0 Å². The van der Waals surface area contributed by atoms with Crippen LogP contribution in [0.15, 0.2) is 17.9 Å². The summed E-state index contributed by atoms with van der Waals surface area (Å²) in [6.07, 6.45) is 4.65. The van der Waals surface area contributed by atoms with Crippen LogP contribution < -0.4 is 5.32 Å². The maximum absolute atomic E-state index is 11.0. The molecule has 1 heterocycles. The zero-order valence-electron chi connectivity index (χ0n) is 6.92. The predicted molar refractivity (Wildman–Crippen MR) is 44.0 cm³/mol. The Kier molecular flexibility index (Phi) is 2.50. The molecule has 2 heteroatoms. The lowest BCUT2D eigenvalue weighted by Crippen LogP contribution is -2.23. The van der Waals surface area contributed by atoms with Gasteiger partial charge in [-0.1, -0.05) is 6.92 Å². The van der Waals surface area contributed by atoms with Crippen LogP contribution in [-0.4, -0.2) is 11.9 Å². The SMILES string of the molecule is CC=C=CC1C[C@H](C)C(=O)N1. The minimum absolute atomic E-state index is 0.157. The number of nitrogens with one attached hydrogen (secondary N) is 1. The molecular weight excluding hydrogens is 138 g/mol. The van der Waals surface area contributed by atoms with E-state index in [1.807, 2.05) is 26.0 Å². The number of hydrogen-bond acceptors (Lipinski definition) is 1. The fourth-order valence-electron chi connectivity index (χ4n) is 1.19. The Morgan fingerprint density at radius 1 is 1.73 bits per heavy atom. The number of rotatable bonds is 1. The van der Waals surface area contributed by atoms with E-state index in [9.17, 15) is 4.79 Å². The van der Waals surface area contributed by atoms with E-state index in [0.29, 0.717) is 0 Å². The normalized spacial score (nSPS) is 29.1. The highest BCUT2D eigenvalue weighted by Gasteiger charge is 2.25. The predicted octanol–water partition coefficient (Wildman–Crippen LogP) is 1.24. The summed E-state index contributed by atoms with van der Waals surface area (Å²) in [6.45, 7) is 3.86. The van der Waals surface area contributed by atoms with Crippen LogP contribution in [0.1, 0.15) is 20.3 Å². The van der Waals surface area contributed by atoms with Crippen LogP contribution in [0, 0.1) is 5.92 Å². The third-order valence-corrected chi connectivity index (χ3v) is 1.85. The van der Waals surface area contributed by atoms with Gasteiger partial charge < -0.3 is 5.32 Å². The van der Waals surface area contributed by atoms with Gasteiger partial charge in [0.25, 0.3) is 0 Å². The molecule has 2 atom stereocenters. The second kappa shape index (κ2) is 3.40. The van der Waals surface area contributed by atoms with Crippen molar-refractivity contribution in [2.24, 2.45) is 5.92 Å². The van der Waals surface area contributed by atoms with E-state index in [1.165, 1.54) is 0 Å². The second-order valence-corrected chi connectivity index (χ2v) is 2.87. The summed E-state index contributed by atoms with van der Waals surface area (Å²) in [5.74, 6) is 0.319. The number of hydrogen-bond donors (Lipinski definition) is 1. The first-order valence-corrected chi connectivity index (χ1v) is 3.91. The van der Waals surface area contributed by atoms with Crippen molar-refractivity contribution in [3.8, 4) is 0 Å². The van der Waals surface area contributed by atoms with E-state index in [4.69, 9.17) is 0 Å². The summed E-state index contributed by atoms with van der Waals surface area (Å²) in [5, 5.41) is 2.86. The molecule has 11 heavy (non-hydrogen) atoms. The van der Waals surface area contributed by atoms with Gasteiger partial charge in [0, 0.05) is 5.92 Å². The third kappa shape index (κ3) is 1.95. The number of amides is 1. The molecule has 1 unspecified atom stereocenters. The largest absolute Gasteiger partial charge is 0.349 e. The average molecular weight is 151 g/mol. The highest BCUT2D eigenvalue weighted by Crippen LogP contribution is 2.14. The maximum atomic E-state index is 11.0. The highest BCUT2D eigenvalue weighted by atomic mass is 16.2. The molecular formula is C9H13NO. The van der Waals surface area contributed by atoms with Gasteiger partial charge in [-0.25, -0.2) is 0 Å². The van der Waals surface area contributed by atoms with Gasteiger partial charge in [-0.3, -0.25) is 4.79 Å². The maximum Gasteiger partial charge on any atom is 0.223 e. The van der Waals surface area contributed by atoms with Crippen LogP contribution in [0.25, 0.3) is 0 Å². The van der Waals surface area contributed by atoms with Crippen molar-refractivity contribution in [3.63, 3.8) is 0 Å². The van der Waals surface area contributed by atoms with Crippen molar-refractivity contribution < 1.29 is 4.79 Å². The Bertz CT molecular complexity index is 214. The first-order chi connectivity index (χ1) is 5.24. The molecule has 0 aromatic carbocycles. The molecule has 2 nitrogen and oxygen atoms in total. The Morgan fingerprint density at radius 2 is 2.45 bits per heavy atom. The molecule has 1 aliphatic rings. The van der Waals surface area contributed by atoms with E-state index in [-0.39, 0.29) is 17.9 Å². The summed E-state index contributed by atoms with van der Waals surface area (Å²) in [7, 11) is 0. The molecule has 0 bridgehead atoms. The molecule has 0 spiro atoms. The van der Waals surface area contributed by atoms with E-state index in [0.717, 1.165) is 6.42 Å². The van der Waals surface area contributed by atoms with Gasteiger partial charge in [-0.05, 0) is 25.5 Å². The molecule has 60 valence electrons. The zero-order valence-corrected chi connectivity index (χ0v) is 6.92. The van der Waals surface area contributed by atoms with Crippen LogP contribution in [0.5, 0.6) is 0 Å². The summed E-state index contributed by atoms with van der Waals surface area (Å²) < 4.78 is 0. The summed E-state index contributed by atoms with van der Waals surface area (Å²) in [6, 6.07) is 0.202. The summed E-state index contributed by atoms with van der Waals surface area (Å²) in [4.78, 5) is 11.0. The average Bonchev–Trinajstić information content (AvgIpc) is 2.28. The highest BCUT2D eigenvalue weighted by molar-refractivity contribution is 5.81. The number of carbonyl (C=O) groups is 1. The molecule has 0 aliphatic carbocycles. The molecule has 0 radical (unpaired) electrons. The van der Waals surface area contributed by atoms with Crippen molar-refractivity contribution in [2.45, 2.75) is 26.3 Å². The van der Waals surface area contributed by atoms with Crippen LogP contribution in [-0.2, 0) is 4.79 Å². The van der Waals surface area contributed by atoms with Gasteiger partial charge in [-0.15, -0.1) is 5.73 Å². The Balaban J connectivity index is 2.54. The smallest absolute Gasteiger partial charge is 0.223 e. The van der Waals surface area contributed by atoms with Gasteiger partial charge in [0.15, 0.2) is 0 Å². The molecule has 1 fully saturated rings. The Labute approximate surface area is 67.0 Å².